The molecule has 3 rings (SSSR count). The van der Waals surface area contributed by atoms with Crippen molar-refractivity contribution in [1.82, 2.24) is 10.3 Å². The van der Waals surface area contributed by atoms with Crippen molar-refractivity contribution >= 4 is 28.4 Å². The number of methoxy groups -OCH3 is 1. The SMILES string of the molecule is COc1ccc2[nH]c3c(c2c1)CC(NC(=O)CCCCl)C3. The van der Waals surface area contributed by atoms with E-state index in [1.807, 2.05) is 12.1 Å². The highest BCUT2D eigenvalue weighted by atomic mass is 35.5. The van der Waals surface area contributed by atoms with Crippen LogP contribution < -0.4 is 10.1 Å². The molecule has 1 aromatic carbocycles. The lowest BCUT2D eigenvalue weighted by Gasteiger charge is -2.12. The highest BCUT2D eigenvalue weighted by molar-refractivity contribution is 6.17. The Bertz CT molecular complexity index is 666. The molecule has 1 aliphatic carbocycles. The van der Waals surface area contributed by atoms with Gasteiger partial charge in [0.2, 0.25) is 5.91 Å². The maximum absolute atomic E-state index is 11.8. The summed E-state index contributed by atoms with van der Waals surface area (Å²) in [4.78, 5) is 15.2. The molecule has 0 saturated carbocycles. The third-order valence-corrected chi connectivity index (χ3v) is 4.27. The summed E-state index contributed by atoms with van der Waals surface area (Å²) in [6.07, 6.45) is 2.96. The van der Waals surface area contributed by atoms with Gasteiger partial charge in [0.05, 0.1) is 7.11 Å². The quantitative estimate of drug-likeness (QED) is 0.835. The minimum absolute atomic E-state index is 0.0905. The molecular formula is C16H19ClN2O2. The first kappa shape index (κ1) is 14.3. The van der Waals surface area contributed by atoms with Crippen LogP contribution in [0.5, 0.6) is 5.75 Å². The van der Waals surface area contributed by atoms with E-state index in [0.29, 0.717) is 12.3 Å². The third-order valence-electron chi connectivity index (χ3n) is 4.01. The Morgan fingerprint density at radius 3 is 3.10 bits per heavy atom. The molecule has 0 spiro atoms. The fraction of sp³-hybridized carbons (Fsp3) is 0.438. The second-order valence-corrected chi connectivity index (χ2v) is 5.84. The lowest BCUT2D eigenvalue weighted by molar-refractivity contribution is -0.121. The molecule has 1 aromatic heterocycles. The van der Waals surface area contributed by atoms with Gasteiger partial charge in [-0.1, -0.05) is 0 Å². The monoisotopic (exact) mass is 306 g/mol. The van der Waals surface area contributed by atoms with Gasteiger partial charge in [0.1, 0.15) is 5.75 Å². The number of H-pyrrole nitrogens is 1. The number of hydrogen-bond donors (Lipinski definition) is 2. The zero-order chi connectivity index (χ0) is 14.8. The van der Waals surface area contributed by atoms with Crippen molar-refractivity contribution in [2.75, 3.05) is 13.0 Å². The van der Waals surface area contributed by atoms with Crippen molar-refractivity contribution in [2.45, 2.75) is 31.7 Å². The highest BCUT2D eigenvalue weighted by Crippen LogP contribution is 2.32. The number of benzene rings is 1. The normalized spacial score (nSPS) is 17.0. The van der Waals surface area contributed by atoms with Crippen molar-refractivity contribution in [3.63, 3.8) is 0 Å². The summed E-state index contributed by atoms with van der Waals surface area (Å²) in [6.45, 7) is 0. The van der Waals surface area contributed by atoms with Crippen molar-refractivity contribution in [2.24, 2.45) is 0 Å². The van der Waals surface area contributed by atoms with E-state index in [1.165, 1.54) is 16.6 Å². The van der Waals surface area contributed by atoms with Crippen molar-refractivity contribution in [3.8, 4) is 5.75 Å². The molecule has 0 radical (unpaired) electrons. The molecule has 5 heteroatoms. The number of carbonyl (C=O) groups is 1. The van der Waals surface area contributed by atoms with E-state index >= 15 is 0 Å². The first-order chi connectivity index (χ1) is 10.2. The lowest BCUT2D eigenvalue weighted by Crippen LogP contribution is -2.35. The van der Waals surface area contributed by atoms with Crippen LogP contribution in [0.15, 0.2) is 18.2 Å². The second kappa shape index (κ2) is 5.98. The predicted molar refractivity (Wildman–Crippen MR) is 84.1 cm³/mol. The summed E-state index contributed by atoms with van der Waals surface area (Å²) in [7, 11) is 1.67. The molecule has 2 aromatic rings. The van der Waals surface area contributed by atoms with Crippen LogP contribution in [0.2, 0.25) is 0 Å². The van der Waals surface area contributed by atoms with Crippen LogP contribution in [0.25, 0.3) is 10.9 Å². The van der Waals surface area contributed by atoms with Crippen molar-refractivity contribution in [3.05, 3.63) is 29.5 Å². The minimum atomic E-state index is 0.0905. The molecule has 21 heavy (non-hydrogen) atoms. The van der Waals surface area contributed by atoms with Crippen LogP contribution in [0.4, 0.5) is 0 Å². The summed E-state index contributed by atoms with van der Waals surface area (Å²) >= 11 is 5.61. The number of ether oxygens (including phenoxy) is 1. The topological polar surface area (TPSA) is 54.1 Å². The van der Waals surface area contributed by atoms with E-state index in [9.17, 15) is 4.79 Å². The van der Waals surface area contributed by atoms with E-state index < -0.39 is 0 Å². The first-order valence-electron chi connectivity index (χ1n) is 7.24. The van der Waals surface area contributed by atoms with E-state index in [-0.39, 0.29) is 11.9 Å². The molecule has 1 unspecified atom stereocenters. The van der Waals surface area contributed by atoms with E-state index in [1.54, 1.807) is 7.11 Å². The number of alkyl halides is 1. The average Bonchev–Trinajstić information content (AvgIpc) is 3.01. The van der Waals surface area contributed by atoms with Crippen LogP contribution >= 0.6 is 11.6 Å². The molecule has 1 heterocycles. The molecule has 4 nitrogen and oxygen atoms in total. The maximum atomic E-state index is 11.8. The van der Waals surface area contributed by atoms with Crippen LogP contribution in [-0.4, -0.2) is 29.9 Å². The summed E-state index contributed by atoms with van der Waals surface area (Å²) in [5.74, 6) is 1.48. The Morgan fingerprint density at radius 1 is 1.48 bits per heavy atom. The molecule has 0 aliphatic heterocycles. The van der Waals surface area contributed by atoms with Gasteiger partial charge >= 0.3 is 0 Å². The molecular weight excluding hydrogens is 288 g/mol. The molecule has 1 aliphatic rings. The Balaban J connectivity index is 1.74. The molecule has 0 saturated heterocycles. The van der Waals surface area contributed by atoms with E-state index in [4.69, 9.17) is 16.3 Å². The number of aromatic nitrogens is 1. The highest BCUT2D eigenvalue weighted by Gasteiger charge is 2.26. The number of aromatic amines is 1. The molecule has 1 amide bonds. The Labute approximate surface area is 128 Å². The Morgan fingerprint density at radius 2 is 2.33 bits per heavy atom. The van der Waals surface area contributed by atoms with Crippen LogP contribution in [-0.2, 0) is 17.6 Å². The standard InChI is InChI=1S/C16H19ClN2O2/c1-21-11-4-5-14-13(9-11)12-7-10(8-15(12)19-14)18-16(20)3-2-6-17/h4-5,9-10,19H,2-3,6-8H2,1H3,(H,18,20). The molecule has 112 valence electrons. The molecule has 0 fully saturated rings. The fourth-order valence-corrected chi connectivity index (χ4v) is 3.14. The average molecular weight is 307 g/mol. The van der Waals surface area contributed by atoms with Gasteiger partial charge in [0.15, 0.2) is 0 Å². The summed E-state index contributed by atoms with van der Waals surface area (Å²) in [5.41, 5.74) is 3.65. The van der Waals surface area contributed by atoms with Crippen molar-refractivity contribution in [1.29, 1.82) is 0 Å². The van der Waals surface area contributed by atoms with E-state index in [0.717, 1.165) is 30.5 Å². The minimum Gasteiger partial charge on any atom is -0.497 e. The van der Waals surface area contributed by atoms with Gasteiger partial charge in [-0.15, -0.1) is 11.6 Å². The van der Waals surface area contributed by atoms with Gasteiger partial charge in [-0.3, -0.25) is 4.79 Å². The largest absolute Gasteiger partial charge is 0.497 e. The smallest absolute Gasteiger partial charge is 0.220 e. The lowest BCUT2D eigenvalue weighted by atomic mass is 10.1. The molecule has 1 atom stereocenters. The van der Waals surface area contributed by atoms with Crippen molar-refractivity contribution < 1.29 is 9.53 Å². The van der Waals surface area contributed by atoms with Gasteiger partial charge in [0.25, 0.3) is 0 Å². The number of fused-ring (bicyclic) bond motifs is 3. The van der Waals surface area contributed by atoms with E-state index in [2.05, 4.69) is 16.4 Å². The molecule has 0 bridgehead atoms. The van der Waals surface area contributed by atoms with Crippen LogP contribution in [0.1, 0.15) is 24.1 Å². The van der Waals surface area contributed by atoms with Gasteiger partial charge in [0, 0.05) is 41.4 Å². The van der Waals surface area contributed by atoms with Gasteiger partial charge in [-0.2, -0.15) is 0 Å². The number of amides is 1. The number of hydrogen-bond acceptors (Lipinski definition) is 2. The number of rotatable bonds is 5. The van der Waals surface area contributed by atoms with Crippen LogP contribution in [0, 0.1) is 0 Å². The predicted octanol–water partition coefficient (Wildman–Crippen LogP) is 2.78. The Kier molecular flexibility index (Phi) is 4.06. The van der Waals surface area contributed by atoms with Gasteiger partial charge < -0.3 is 15.0 Å². The summed E-state index contributed by atoms with van der Waals surface area (Å²) < 4.78 is 5.29. The first-order valence-corrected chi connectivity index (χ1v) is 7.77. The van der Waals surface area contributed by atoms with Gasteiger partial charge in [-0.25, -0.2) is 0 Å². The fourth-order valence-electron chi connectivity index (χ4n) is 3.01. The number of nitrogens with one attached hydrogen (secondary N) is 2. The zero-order valence-electron chi connectivity index (χ0n) is 12.0. The summed E-state index contributed by atoms with van der Waals surface area (Å²) in [5, 5.41) is 4.29. The second-order valence-electron chi connectivity index (χ2n) is 5.46. The Hall–Kier alpha value is -1.68. The summed E-state index contributed by atoms with van der Waals surface area (Å²) in [6, 6.07) is 6.24. The number of halogens is 1. The maximum Gasteiger partial charge on any atom is 0.220 e. The molecule has 2 N–H and O–H groups in total. The number of carbonyl (C=O) groups excluding carboxylic acids is 1. The van der Waals surface area contributed by atoms with Gasteiger partial charge in [-0.05, 0) is 36.6 Å². The third kappa shape index (κ3) is 2.86. The zero-order valence-corrected chi connectivity index (χ0v) is 12.8. The van der Waals surface area contributed by atoms with Crippen LogP contribution in [0.3, 0.4) is 0 Å².